The molecule has 1 aromatic carbocycles. The van der Waals surface area contributed by atoms with Gasteiger partial charge in [-0.25, -0.2) is 0 Å². The lowest BCUT2D eigenvalue weighted by molar-refractivity contribution is -0.130. The van der Waals surface area contributed by atoms with Crippen molar-refractivity contribution < 1.29 is 14.3 Å². The van der Waals surface area contributed by atoms with Crippen molar-refractivity contribution in [3.05, 3.63) is 29.8 Å². The zero-order valence-corrected chi connectivity index (χ0v) is 14.1. The van der Waals surface area contributed by atoms with E-state index >= 15 is 0 Å². The summed E-state index contributed by atoms with van der Waals surface area (Å²) in [6.45, 7) is 4.99. The van der Waals surface area contributed by atoms with Gasteiger partial charge in [0.15, 0.2) is 0 Å². The third kappa shape index (κ3) is 4.96. The second kappa shape index (κ2) is 9.15. The minimum Gasteiger partial charge on any atom is -0.497 e. The van der Waals surface area contributed by atoms with E-state index in [1.54, 1.807) is 31.4 Å². The van der Waals surface area contributed by atoms with Crippen molar-refractivity contribution in [3.63, 3.8) is 0 Å². The van der Waals surface area contributed by atoms with Crippen molar-refractivity contribution >= 4 is 11.8 Å². The maximum absolute atomic E-state index is 12.2. The van der Waals surface area contributed by atoms with Crippen molar-refractivity contribution in [1.29, 1.82) is 0 Å². The maximum atomic E-state index is 12.2. The molecule has 6 heteroatoms. The van der Waals surface area contributed by atoms with Gasteiger partial charge in [0, 0.05) is 25.2 Å². The van der Waals surface area contributed by atoms with Gasteiger partial charge in [0.1, 0.15) is 5.75 Å². The van der Waals surface area contributed by atoms with Crippen molar-refractivity contribution in [2.45, 2.75) is 26.7 Å². The monoisotopic (exact) mass is 321 g/mol. The number of ether oxygens (including phenoxy) is 1. The van der Waals surface area contributed by atoms with E-state index in [0.29, 0.717) is 43.8 Å². The highest BCUT2D eigenvalue weighted by atomic mass is 16.5. The highest BCUT2D eigenvalue weighted by Gasteiger charge is 2.32. The van der Waals surface area contributed by atoms with E-state index in [2.05, 4.69) is 10.6 Å². The van der Waals surface area contributed by atoms with Gasteiger partial charge in [0.25, 0.3) is 5.91 Å². The molecule has 0 heterocycles. The molecule has 0 spiro atoms. The van der Waals surface area contributed by atoms with Crippen LogP contribution in [0, 0.1) is 5.41 Å². The van der Waals surface area contributed by atoms with Crippen LogP contribution in [-0.4, -0.2) is 38.6 Å². The SMILES string of the molecule is CCC(CC)(CN)C(=O)NCCNC(=O)c1ccc(OC)cc1. The molecule has 0 saturated heterocycles. The molecule has 0 atom stereocenters. The number of benzene rings is 1. The lowest BCUT2D eigenvalue weighted by atomic mass is 9.81. The molecule has 4 N–H and O–H groups in total. The Morgan fingerprint density at radius 3 is 2.13 bits per heavy atom. The number of hydrogen-bond acceptors (Lipinski definition) is 4. The van der Waals surface area contributed by atoms with E-state index in [-0.39, 0.29) is 11.8 Å². The Hall–Kier alpha value is -2.08. The summed E-state index contributed by atoms with van der Waals surface area (Å²) in [5, 5.41) is 5.62. The first kappa shape index (κ1) is 19.0. The number of amides is 2. The lowest BCUT2D eigenvalue weighted by Gasteiger charge is -2.28. The van der Waals surface area contributed by atoms with E-state index < -0.39 is 5.41 Å². The fourth-order valence-corrected chi connectivity index (χ4v) is 2.34. The van der Waals surface area contributed by atoms with Gasteiger partial charge in [-0.15, -0.1) is 0 Å². The maximum Gasteiger partial charge on any atom is 0.251 e. The fraction of sp³-hybridized carbons (Fsp3) is 0.529. The molecule has 2 amide bonds. The summed E-state index contributed by atoms with van der Waals surface area (Å²) < 4.78 is 5.05. The van der Waals surface area contributed by atoms with E-state index in [1.165, 1.54) is 0 Å². The van der Waals surface area contributed by atoms with Gasteiger partial charge in [-0.3, -0.25) is 9.59 Å². The van der Waals surface area contributed by atoms with Crippen molar-refractivity contribution in [1.82, 2.24) is 10.6 Å². The largest absolute Gasteiger partial charge is 0.497 e. The third-order valence-electron chi connectivity index (χ3n) is 4.27. The smallest absolute Gasteiger partial charge is 0.251 e. The van der Waals surface area contributed by atoms with Crippen LogP contribution in [0.3, 0.4) is 0 Å². The second-order valence-electron chi connectivity index (χ2n) is 5.43. The minimum atomic E-state index is -0.514. The average Bonchev–Trinajstić information content (AvgIpc) is 2.60. The van der Waals surface area contributed by atoms with Crippen LogP contribution in [-0.2, 0) is 4.79 Å². The van der Waals surface area contributed by atoms with E-state index in [0.717, 1.165) is 0 Å². The van der Waals surface area contributed by atoms with Crippen LogP contribution in [0.4, 0.5) is 0 Å². The Labute approximate surface area is 137 Å². The van der Waals surface area contributed by atoms with Crippen LogP contribution in [0.25, 0.3) is 0 Å². The Balaban J connectivity index is 2.41. The molecule has 23 heavy (non-hydrogen) atoms. The first-order chi connectivity index (χ1) is 11.0. The quantitative estimate of drug-likeness (QED) is 0.598. The Bertz CT molecular complexity index is 502. The first-order valence-electron chi connectivity index (χ1n) is 7.93. The Morgan fingerprint density at radius 1 is 1.09 bits per heavy atom. The average molecular weight is 321 g/mol. The minimum absolute atomic E-state index is 0.0521. The van der Waals surface area contributed by atoms with E-state index in [4.69, 9.17) is 10.5 Å². The number of methoxy groups -OCH3 is 1. The highest BCUT2D eigenvalue weighted by Crippen LogP contribution is 2.24. The van der Waals surface area contributed by atoms with Gasteiger partial charge in [0.2, 0.25) is 5.91 Å². The van der Waals surface area contributed by atoms with Crippen molar-refractivity contribution in [2.24, 2.45) is 11.1 Å². The summed E-state index contributed by atoms with van der Waals surface area (Å²) in [7, 11) is 1.58. The number of rotatable bonds is 9. The van der Waals surface area contributed by atoms with Crippen LogP contribution >= 0.6 is 0 Å². The lowest BCUT2D eigenvalue weighted by Crippen LogP contribution is -2.47. The zero-order valence-electron chi connectivity index (χ0n) is 14.1. The topological polar surface area (TPSA) is 93.5 Å². The third-order valence-corrected chi connectivity index (χ3v) is 4.27. The molecule has 0 aliphatic rings. The fourth-order valence-electron chi connectivity index (χ4n) is 2.34. The van der Waals surface area contributed by atoms with Gasteiger partial charge in [-0.05, 0) is 37.1 Å². The number of nitrogens with two attached hydrogens (primary N) is 1. The summed E-state index contributed by atoms with van der Waals surface area (Å²) in [6, 6.07) is 6.85. The summed E-state index contributed by atoms with van der Waals surface area (Å²) in [4.78, 5) is 24.2. The van der Waals surface area contributed by atoms with Gasteiger partial charge in [0.05, 0.1) is 12.5 Å². The molecule has 0 fully saturated rings. The Morgan fingerprint density at radius 2 is 1.65 bits per heavy atom. The predicted molar refractivity (Wildman–Crippen MR) is 90.4 cm³/mol. The van der Waals surface area contributed by atoms with Crippen LogP contribution in [0.5, 0.6) is 5.75 Å². The van der Waals surface area contributed by atoms with E-state index in [1.807, 2.05) is 13.8 Å². The number of nitrogens with one attached hydrogen (secondary N) is 2. The van der Waals surface area contributed by atoms with Gasteiger partial charge in [-0.2, -0.15) is 0 Å². The summed E-state index contributed by atoms with van der Waals surface area (Å²) >= 11 is 0. The van der Waals surface area contributed by atoms with Crippen molar-refractivity contribution in [3.8, 4) is 5.75 Å². The predicted octanol–water partition coefficient (Wildman–Crippen LogP) is 1.31. The molecule has 0 aliphatic heterocycles. The Kier molecular flexibility index (Phi) is 7.54. The second-order valence-corrected chi connectivity index (χ2v) is 5.43. The first-order valence-corrected chi connectivity index (χ1v) is 7.93. The number of carbonyl (C=O) groups is 2. The van der Waals surface area contributed by atoms with Crippen molar-refractivity contribution in [2.75, 3.05) is 26.7 Å². The molecule has 0 radical (unpaired) electrons. The molecular formula is C17H27N3O3. The van der Waals surface area contributed by atoms with Crippen LogP contribution in [0.2, 0.25) is 0 Å². The highest BCUT2D eigenvalue weighted by molar-refractivity contribution is 5.94. The van der Waals surface area contributed by atoms with E-state index in [9.17, 15) is 9.59 Å². The molecule has 0 bridgehead atoms. The molecule has 0 aliphatic carbocycles. The van der Waals surface area contributed by atoms with Crippen LogP contribution in [0.1, 0.15) is 37.0 Å². The molecule has 0 aromatic heterocycles. The van der Waals surface area contributed by atoms with Crippen LogP contribution < -0.4 is 21.1 Å². The zero-order chi connectivity index (χ0) is 17.3. The molecule has 1 rings (SSSR count). The van der Waals surface area contributed by atoms with Gasteiger partial charge >= 0.3 is 0 Å². The normalized spacial score (nSPS) is 11.0. The summed E-state index contributed by atoms with van der Waals surface area (Å²) in [5.41, 5.74) is 5.78. The molecule has 128 valence electrons. The molecule has 1 aromatic rings. The molecule has 0 saturated carbocycles. The van der Waals surface area contributed by atoms with Gasteiger partial charge in [-0.1, -0.05) is 13.8 Å². The standard InChI is InChI=1S/C17H27N3O3/c1-4-17(5-2,12-18)16(22)20-11-10-19-15(21)13-6-8-14(23-3)9-7-13/h6-9H,4-5,10-12,18H2,1-3H3,(H,19,21)(H,20,22). The summed E-state index contributed by atoms with van der Waals surface area (Å²) in [6.07, 6.45) is 1.40. The summed E-state index contributed by atoms with van der Waals surface area (Å²) in [5.74, 6) is 0.465. The molecule has 6 nitrogen and oxygen atoms in total. The van der Waals surface area contributed by atoms with Gasteiger partial charge < -0.3 is 21.1 Å². The number of hydrogen-bond donors (Lipinski definition) is 3. The van der Waals surface area contributed by atoms with Crippen LogP contribution in [0.15, 0.2) is 24.3 Å². The molecular weight excluding hydrogens is 294 g/mol. The number of carbonyl (C=O) groups excluding carboxylic acids is 2. The molecule has 0 unspecified atom stereocenters.